The van der Waals surface area contributed by atoms with E-state index in [0.29, 0.717) is 22.9 Å². The van der Waals surface area contributed by atoms with E-state index in [-0.39, 0.29) is 0 Å². The second-order valence-electron chi connectivity index (χ2n) is 2.76. The van der Waals surface area contributed by atoms with Gasteiger partial charge in [0.15, 0.2) is 0 Å². The zero-order valence-corrected chi connectivity index (χ0v) is 9.05. The highest BCUT2D eigenvalue weighted by Crippen LogP contribution is 2.23. The number of halogens is 2. The molecular formula is C11H10Cl2O. The monoisotopic (exact) mass is 228 g/mol. The Morgan fingerprint density at radius 3 is 2.43 bits per heavy atom. The number of hydrogen-bond donors (Lipinski definition) is 0. The number of allylic oxidation sites excluding steroid dienone is 1. The molecule has 1 nitrogen and oxygen atoms in total. The first-order valence-electron chi connectivity index (χ1n) is 4.24. The highest BCUT2D eigenvalue weighted by Gasteiger charge is 2.05. The first kappa shape index (κ1) is 11.3. The number of aldehydes is 1. The quantitative estimate of drug-likeness (QED) is 0.439. The summed E-state index contributed by atoms with van der Waals surface area (Å²) in [5.74, 6) is 0.400. The van der Waals surface area contributed by atoms with Gasteiger partial charge in [0.05, 0.1) is 5.03 Å². The van der Waals surface area contributed by atoms with Crippen molar-refractivity contribution >= 4 is 34.5 Å². The van der Waals surface area contributed by atoms with E-state index in [2.05, 4.69) is 0 Å². The van der Waals surface area contributed by atoms with Crippen molar-refractivity contribution in [1.82, 2.24) is 0 Å². The van der Waals surface area contributed by atoms with Crippen LogP contribution in [0.15, 0.2) is 35.9 Å². The highest BCUT2D eigenvalue weighted by atomic mass is 35.5. The van der Waals surface area contributed by atoms with E-state index in [0.717, 1.165) is 11.8 Å². The van der Waals surface area contributed by atoms with E-state index >= 15 is 0 Å². The minimum Gasteiger partial charge on any atom is -0.298 e. The normalized spacial score (nSPS) is 12.1. The van der Waals surface area contributed by atoms with E-state index in [1.165, 1.54) is 0 Å². The second-order valence-corrected chi connectivity index (χ2v) is 3.52. The van der Waals surface area contributed by atoms with Crippen molar-refractivity contribution in [3.63, 3.8) is 0 Å². The molecule has 1 rings (SSSR count). The maximum atomic E-state index is 10.7. The zero-order chi connectivity index (χ0) is 10.4. The summed E-state index contributed by atoms with van der Waals surface area (Å²) < 4.78 is 0. The van der Waals surface area contributed by atoms with Crippen LogP contribution in [0.2, 0.25) is 0 Å². The number of hydrogen-bond acceptors (Lipinski definition) is 1. The van der Waals surface area contributed by atoms with Crippen LogP contribution in [-0.2, 0) is 4.79 Å². The molecule has 0 N–H and O–H groups in total. The van der Waals surface area contributed by atoms with Crippen molar-refractivity contribution in [2.24, 2.45) is 0 Å². The molecule has 74 valence electrons. The van der Waals surface area contributed by atoms with Gasteiger partial charge in [-0.3, -0.25) is 4.79 Å². The molecule has 1 aromatic rings. The Bertz CT molecular complexity index is 330. The summed E-state index contributed by atoms with van der Waals surface area (Å²) in [4.78, 5) is 10.7. The van der Waals surface area contributed by atoms with Gasteiger partial charge in [-0.15, -0.1) is 11.6 Å². The molecule has 0 atom stereocenters. The Hall–Kier alpha value is -0.790. The van der Waals surface area contributed by atoms with Crippen molar-refractivity contribution in [3.05, 3.63) is 41.5 Å². The molecule has 0 spiro atoms. The molecule has 0 amide bonds. The van der Waals surface area contributed by atoms with Gasteiger partial charge in [-0.25, -0.2) is 0 Å². The van der Waals surface area contributed by atoms with E-state index < -0.39 is 0 Å². The van der Waals surface area contributed by atoms with Crippen LogP contribution in [0.4, 0.5) is 0 Å². The van der Waals surface area contributed by atoms with Gasteiger partial charge < -0.3 is 0 Å². The summed E-state index contributed by atoms with van der Waals surface area (Å²) in [6, 6.07) is 9.37. The van der Waals surface area contributed by atoms with Gasteiger partial charge in [-0.05, 0) is 12.0 Å². The lowest BCUT2D eigenvalue weighted by Gasteiger charge is -2.02. The lowest BCUT2D eigenvalue weighted by atomic mass is 10.1. The summed E-state index contributed by atoms with van der Waals surface area (Å²) >= 11 is 11.6. The Kier molecular flexibility index (Phi) is 4.71. The Labute approximate surface area is 93.3 Å². The second kappa shape index (κ2) is 5.84. The van der Waals surface area contributed by atoms with Crippen LogP contribution in [0, 0.1) is 0 Å². The predicted octanol–water partition coefficient (Wildman–Crippen LogP) is 3.46. The zero-order valence-electron chi connectivity index (χ0n) is 7.54. The third kappa shape index (κ3) is 2.86. The fourth-order valence-corrected chi connectivity index (χ4v) is 1.56. The van der Waals surface area contributed by atoms with E-state index in [9.17, 15) is 4.79 Å². The Morgan fingerprint density at radius 1 is 1.29 bits per heavy atom. The smallest absolute Gasteiger partial charge is 0.147 e. The largest absolute Gasteiger partial charge is 0.298 e. The fourth-order valence-electron chi connectivity index (χ4n) is 1.09. The van der Waals surface area contributed by atoms with Crippen molar-refractivity contribution < 1.29 is 4.79 Å². The van der Waals surface area contributed by atoms with E-state index in [1.54, 1.807) is 0 Å². The van der Waals surface area contributed by atoms with Crippen LogP contribution in [0.5, 0.6) is 0 Å². The first-order valence-corrected chi connectivity index (χ1v) is 5.16. The summed E-state index contributed by atoms with van der Waals surface area (Å²) in [6.45, 7) is 0. The molecule has 3 heteroatoms. The molecule has 0 saturated carbocycles. The van der Waals surface area contributed by atoms with Gasteiger partial charge in [0, 0.05) is 11.5 Å². The molecule has 0 aliphatic carbocycles. The van der Waals surface area contributed by atoms with Crippen LogP contribution < -0.4 is 0 Å². The standard InChI is InChI=1S/C11H10Cl2O/c12-7-6-10(8-14)11(13)9-4-2-1-3-5-9/h1-5,8H,6-7H2/b11-10-. The molecule has 1 aromatic carbocycles. The SMILES string of the molecule is O=C/C(CCCl)=C(\Cl)c1ccccc1. The minimum atomic E-state index is 0.400. The molecule has 0 heterocycles. The van der Waals surface area contributed by atoms with Gasteiger partial charge in [0.25, 0.3) is 0 Å². The first-order chi connectivity index (χ1) is 6.79. The molecule has 0 radical (unpaired) electrons. The van der Waals surface area contributed by atoms with Crippen molar-refractivity contribution in [3.8, 4) is 0 Å². The number of rotatable bonds is 4. The van der Waals surface area contributed by atoms with Crippen molar-refractivity contribution in [1.29, 1.82) is 0 Å². The average molecular weight is 229 g/mol. The van der Waals surface area contributed by atoms with Gasteiger partial charge in [-0.2, -0.15) is 0 Å². The van der Waals surface area contributed by atoms with Crippen LogP contribution >= 0.6 is 23.2 Å². The molecule has 14 heavy (non-hydrogen) atoms. The van der Waals surface area contributed by atoms with Crippen LogP contribution in [0.1, 0.15) is 12.0 Å². The third-order valence-corrected chi connectivity index (χ3v) is 2.47. The topological polar surface area (TPSA) is 17.1 Å². The molecule has 0 unspecified atom stereocenters. The fraction of sp³-hybridized carbons (Fsp3) is 0.182. The third-order valence-electron chi connectivity index (χ3n) is 1.82. The molecule has 0 aromatic heterocycles. The molecule has 0 aliphatic rings. The van der Waals surface area contributed by atoms with Crippen LogP contribution in [0.3, 0.4) is 0 Å². The maximum Gasteiger partial charge on any atom is 0.147 e. The van der Waals surface area contributed by atoms with Crippen molar-refractivity contribution in [2.75, 3.05) is 5.88 Å². The number of benzene rings is 1. The number of carbonyl (C=O) groups is 1. The minimum absolute atomic E-state index is 0.400. The Balaban J connectivity index is 3.01. The average Bonchev–Trinajstić information content (AvgIpc) is 2.26. The lowest BCUT2D eigenvalue weighted by Crippen LogP contribution is -1.90. The molecular weight excluding hydrogens is 219 g/mol. The van der Waals surface area contributed by atoms with Gasteiger partial charge in [-0.1, -0.05) is 41.9 Å². The number of alkyl halides is 1. The maximum absolute atomic E-state index is 10.7. The van der Waals surface area contributed by atoms with Gasteiger partial charge in [0.2, 0.25) is 0 Å². The van der Waals surface area contributed by atoms with Crippen LogP contribution in [0.25, 0.3) is 5.03 Å². The molecule has 0 aliphatic heterocycles. The highest BCUT2D eigenvalue weighted by molar-refractivity contribution is 6.50. The van der Waals surface area contributed by atoms with E-state index in [4.69, 9.17) is 23.2 Å². The summed E-state index contributed by atoms with van der Waals surface area (Å²) in [5.41, 5.74) is 1.40. The van der Waals surface area contributed by atoms with Gasteiger partial charge in [0.1, 0.15) is 6.29 Å². The summed E-state index contributed by atoms with van der Waals surface area (Å²) in [7, 11) is 0. The molecule has 0 saturated heterocycles. The predicted molar refractivity (Wildman–Crippen MR) is 60.6 cm³/mol. The summed E-state index contributed by atoms with van der Waals surface area (Å²) in [5, 5.41) is 0.487. The van der Waals surface area contributed by atoms with Gasteiger partial charge >= 0.3 is 0 Å². The van der Waals surface area contributed by atoms with Crippen LogP contribution in [-0.4, -0.2) is 12.2 Å². The lowest BCUT2D eigenvalue weighted by molar-refractivity contribution is -0.104. The summed E-state index contributed by atoms with van der Waals surface area (Å²) in [6.07, 6.45) is 1.26. The molecule has 0 bridgehead atoms. The Morgan fingerprint density at radius 2 is 1.93 bits per heavy atom. The van der Waals surface area contributed by atoms with Crippen molar-refractivity contribution in [2.45, 2.75) is 6.42 Å². The van der Waals surface area contributed by atoms with E-state index in [1.807, 2.05) is 30.3 Å². The molecule has 0 fully saturated rings. The number of carbonyl (C=O) groups excluding carboxylic acids is 1.